The number of aromatic nitrogens is 2. The zero-order valence-corrected chi connectivity index (χ0v) is 14.8. The minimum absolute atomic E-state index is 0.0863. The van der Waals surface area contributed by atoms with E-state index in [0.29, 0.717) is 13.2 Å². The third-order valence-electron chi connectivity index (χ3n) is 4.36. The molecule has 0 radical (unpaired) electrons. The van der Waals surface area contributed by atoms with Crippen molar-refractivity contribution in [1.29, 1.82) is 0 Å². The highest BCUT2D eigenvalue weighted by molar-refractivity contribution is 7.89. The number of benzene rings is 2. The molecule has 2 heterocycles. The van der Waals surface area contributed by atoms with Gasteiger partial charge in [0, 0.05) is 13.1 Å². The average Bonchev–Trinajstić information content (AvgIpc) is 2.67. The first kappa shape index (κ1) is 16.9. The summed E-state index contributed by atoms with van der Waals surface area (Å²) in [6.45, 7) is 2.94. The molecule has 0 bridgehead atoms. The average molecular weight is 370 g/mol. The minimum atomic E-state index is -3.74. The number of hydrogen-bond donors (Lipinski definition) is 1. The second-order valence-electron chi connectivity index (χ2n) is 6.10. The zero-order chi connectivity index (χ0) is 18.1. The van der Waals surface area contributed by atoms with E-state index in [1.807, 2.05) is 24.3 Å². The summed E-state index contributed by atoms with van der Waals surface area (Å²) in [7, 11) is -3.74. The third kappa shape index (κ3) is 3.39. The van der Waals surface area contributed by atoms with Gasteiger partial charge in [0.1, 0.15) is 5.82 Å². The molecule has 7 nitrogen and oxygen atoms in total. The maximum absolute atomic E-state index is 11.6. The van der Waals surface area contributed by atoms with Gasteiger partial charge in [-0.15, -0.1) is 0 Å². The first-order valence-electron chi connectivity index (χ1n) is 8.23. The molecule has 1 aliphatic heterocycles. The molecular formula is C18H18N4O3S. The number of nitrogens with two attached hydrogens (primary N) is 1. The highest BCUT2D eigenvalue weighted by Gasteiger charge is 2.14. The van der Waals surface area contributed by atoms with Gasteiger partial charge in [0.15, 0.2) is 0 Å². The fraction of sp³-hybridized carbons (Fsp3) is 0.222. The lowest BCUT2D eigenvalue weighted by Crippen LogP contribution is -2.36. The fourth-order valence-corrected chi connectivity index (χ4v) is 3.54. The summed E-state index contributed by atoms with van der Waals surface area (Å²) in [4.78, 5) is 11.4. The summed E-state index contributed by atoms with van der Waals surface area (Å²) >= 11 is 0. The van der Waals surface area contributed by atoms with E-state index >= 15 is 0 Å². The van der Waals surface area contributed by atoms with Crippen molar-refractivity contribution < 1.29 is 13.2 Å². The minimum Gasteiger partial charge on any atom is -0.378 e. The van der Waals surface area contributed by atoms with Crippen molar-refractivity contribution in [2.45, 2.75) is 4.90 Å². The lowest BCUT2D eigenvalue weighted by molar-refractivity contribution is 0.122. The Morgan fingerprint density at radius 3 is 2.54 bits per heavy atom. The molecule has 134 valence electrons. The Labute approximate surface area is 151 Å². The van der Waals surface area contributed by atoms with Crippen LogP contribution in [0.4, 0.5) is 5.82 Å². The molecule has 0 unspecified atom stereocenters. The Morgan fingerprint density at radius 1 is 1.00 bits per heavy atom. The zero-order valence-electron chi connectivity index (χ0n) is 14.0. The highest BCUT2D eigenvalue weighted by Crippen LogP contribution is 2.26. The summed E-state index contributed by atoms with van der Waals surface area (Å²) in [6.07, 6.45) is 1.77. The SMILES string of the molecule is NS(=O)(=O)c1cccc(-c2ccc3ncc(N4CCOCC4)nc3c2)c1. The van der Waals surface area contributed by atoms with Crippen molar-refractivity contribution in [3.05, 3.63) is 48.7 Å². The Bertz CT molecular complexity index is 1060. The number of ether oxygens (including phenoxy) is 1. The van der Waals surface area contributed by atoms with Gasteiger partial charge in [-0.2, -0.15) is 0 Å². The molecule has 1 aliphatic rings. The lowest BCUT2D eigenvalue weighted by atomic mass is 10.1. The normalized spacial score (nSPS) is 15.3. The Kier molecular flexibility index (Phi) is 4.31. The van der Waals surface area contributed by atoms with Crippen molar-refractivity contribution in [2.24, 2.45) is 5.14 Å². The quantitative estimate of drug-likeness (QED) is 0.755. The molecule has 0 atom stereocenters. The summed E-state index contributed by atoms with van der Waals surface area (Å²) in [5.41, 5.74) is 3.16. The third-order valence-corrected chi connectivity index (χ3v) is 5.27. The fourth-order valence-electron chi connectivity index (χ4n) is 2.98. The van der Waals surface area contributed by atoms with Gasteiger partial charge in [-0.25, -0.2) is 18.5 Å². The number of nitrogens with zero attached hydrogens (tertiary/aromatic N) is 3. The maximum atomic E-state index is 11.6. The first-order valence-corrected chi connectivity index (χ1v) is 9.78. The number of morpholine rings is 1. The van der Waals surface area contributed by atoms with E-state index in [1.165, 1.54) is 6.07 Å². The second kappa shape index (κ2) is 6.64. The standard InChI is InChI=1S/C18H18N4O3S/c19-26(23,24)15-3-1-2-13(10-15)14-4-5-16-17(11-14)21-18(12-20-16)22-6-8-25-9-7-22/h1-5,10-12H,6-9H2,(H2,19,23,24). The van der Waals surface area contributed by atoms with Gasteiger partial charge in [-0.05, 0) is 35.4 Å². The van der Waals surface area contributed by atoms with E-state index in [9.17, 15) is 8.42 Å². The van der Waals surface area contributed by atoms with E-state index < -0.39 is 10.0 Å². The van der Waals surface area contributed by atoms with E-state index in [-0.39, 0.29) is 4.90 Å². The first-order chi connectivity index (χ1) is 12.5. The maximum Gasteiger partial charge on any atom is 0.238 e. The Hall–Kier alpha value is -2.55. The topological polar surface area (TPSA) is 98.4 Å². The molecule has 4 rings (SSSR count). The van der Waals surface area contributed by atoms with Gasteiger partial charge in [0.25, 0.3) is 0 Å². The summed E-state index contributed by atoms with van der Waals surface area (Å²) in [6, 6.07) is 12.3. The van der Waals surface area contributed by atoms with Crippen LogP contribution in [0.15, 0.2) is 53.6 Å². The monoisotopic (exact) mass is 370 g/mol. The van der Waals surface area contributed by atoms with Gasteiger partial charge in [-0.3, -0.25) is 4.98 Å². The molecule has 1 aromatic heterocycles. The van der Waals surface area contributed by atoms with Crippen LogP contribution in [0, 0.1) is 0 Å². The molecular weight excluding hydrogens is 352 g/mol. The van der Waals surface area contributed by atoms with Gasteiger partial charge in [0.2, 0.25) is 10.0 Å². The van der Waals surface area contributed by atoms with E-state index in [1.54, 1.807) is 18.3 Å². The number of primary sulfonamides is 1. The predicted octanol–water partition coefficient (Wildman–Crippen LogP) is 1.78. The number of sulfonamides is 1. The van der Waals surface area contributed by atoms with Gasteiger partial charge in [0.05, 0.1) is 35.3 Å². The lowest BCUT2D eigenvalue weighted by Gasteiger charge is -2.27. The molecule has 8 heteroatoms. The molecule has 0 saturated carbocycles. The van der Waals surface area contributed by atoms with Crippen molar-refractivity contribution in [1.82, 2.24) is 9.97 Å². The van der Waals surface area contributed by atoms with Crippen LogP contribution in [-0.2, 0) is 14.8 Å². The predicted molar refractivity (Wildman–Crippen MR) is 99.4 cm³/mol. The number of anilines is 1. The Morgan fingerprint density at radius 2 is 1.77 bits per heavy atom. The summed E-state index contributed by atoms with van der Waals surface area (Å²) in [5.74, 6) is 0.816. The molecule has 3 aromatic rings. The van der Waals surface area contributed by atoms with E-state index in [2.05, 4.69) is 9.88 Å². The van der Waals surface area contributed by atoms with Crippen LogP contribution in [0.5, 0.6) is 0 Å². The molecule has 2 N–H and O–H groups in total. The van der Waals surface area contributed by atoms with Gasteiger partial charge in [-0.1, -0.05) is 18.2 Å². The van der Waals surface area contributed by atoms with Crippen molar-refractivity contribution in [3.63, 3.8) is 0 Å². The van der Waals surface area contributed by atoms with E-state index in [4.69, 9.17) is 14.9 Å². The van der Waals surface area contributed by atoms with Gasteiger partial charge >= 0.3 is 0 Å². The molecule has 1 fully saturated rings. The molecule has 1 saturated heterocycles. The van der Waals surface area contributed by atoms with Crippen LogP contribution in [0.25, 0.3) is 22.2 Å². The van der Waals surface area contributed by atoms with Crippen LogP contribution in [-0.4, -0.2) is 44.7 Å². The van der Waals surface area contributed by atoms with Crippen LogP contribution in [0.1, 0.15) is 0 Å². The summed E-state index contributed by atoms with van der Waals surface area (Å²) < 4.78 is 28.6. The molecule has 2 aromatic carbocycles. The molecule has 0 spiro atoms. The molecule has 0 aliphatic carbocycles. The largest absolute Gasteiger partial charge is 0.378 e. The number of hydrogen-bond acceptors (Lipinski definition) is 6. The Balaban J connectivity index is 1.75. The van der Waals surface area contributed by atoms with Crippen LogP contribution in [0.2, 0.25) is 0 Å². The molecule has 26 heavy (non-hydrogen) atoms. The summed E-state index contributed by atoms with van der Waals surface area (Å²) in [5, 5.41) is 5.23. The van der Waals surface area contributed by atoms with Gasteiger partial charge < -0.3 is 9.64 Å². The second-order valence-corrected chi connectivity index (χ2v) is 7.67. The van der Waals surface area contributed by atoms with Crippen molar-refractivity contribution in [2.75, 3.05) is 31.2 Å². The van der Waals surface area contributed by atoms with Crippen LogP contribution < -0.4 is 10.0 Å². The van der Waals surface area contributed by atoms with Crippen molar-refractivity contribution >= 4 is 26.9 Å². The number of fused-ring (bicyclic) bond motifs is 1. The molecule has 0 amide bonds. The highest BCUT2D eigenvalue weighted by atomic mass is 32.2. The van der Waals surface area contributed by atoms with E-state index in [0.717, 1.165) is 41.1 Å². The van der Waals surface area contributed by atoms with Crippen LogP contribution >= 0.6 is 0 Å². The number of rotatable bonds is 3. The van der Waals surface area contributed by atoms with Crippen LogP contribution in [0.3, 0.4) is 0 Å². The smallest absolute Gasteiger partial charge is 0.238 e. The van der Waals surface area contributed by atoms with Crippen molar-refractivity contribution in [3.8, 4) is 11.1 Å².